The van der Waals surface area contributed by atoms with Gasteiger partial charge in [0, 0.05) is 38.4 Å². The van der Waals surface area contributed by atoms with Crippen molar-refractivity contribution in [3.8, 4) is 0 Å². The summed E-state index contributed by atoms with van der Waals surface area (Å²) in [4.78, 5) is 64.2. The predicted octanol–water partition coefficient (Wildman–Crippen LogP) is -0.700. The lowest BCUT2D eigenvalue weighted by Gasteiger charge is -2.29. The van der Waals surface area contributed by atoms with Gasteiger partial charge in [-0.1, -0.05) is 30.3 Å². The molecule has 1 saturated heterocycles. The standard InChI is InChI=1S/C23H33N5O5S2/c1-14(29)25-18(13-35)23(33)28-10-6-9-19(28)22(32)26-16(11-15-7-4-3-5-8-15)21(31)27-17(12-34)20(30)24-2/h3-5,7-8,16-19,34-35H,6,9-13H2,1-2H3,(H,24,30)(H,25,29)(H,26,32)(H,27,31)/t16-,17+,18+,19+/m1/s1. The molecule has 0 aliphatic carbocycles. The average Bonchev–Trinajstić information content (AvgIpc) is 3.35. The second-order valence-corrected chi connectivity index (χ2v) is 8.96. The number of nitrogens with zero attached hydrogens (tertiary/aromatic N) is 1. The van der Waals surface area contributed by atoms with Crippen LogP contribution in [-0.2, 0) is 30.4 Å². The molecule has 0 radical (unpaired) electrons. The van der Waals surface area contributed by atoms with E-state index in [0.717, 1.165) is 5.56 Å². The third-order valence-electron chi connectivity index (χ3n) is 5.67. The lowest BCUT2D eigenvalue weighted by molar-refractivity contribution is -0.141. The lowest BCUT2D eigenvalue weighted by atomic mass is 10.0. The van der Waals surface area contributed by atoms with Crippen LogP contribution in [0.2, 0.25) is 0 Å². The predicted molar refractivity (Wildman–Crippen MR) is 138 cm³/mol. The van der Waals surface area contributed by atoms with Gasteiger partial charge in [-0.3, -0.25) is 24.0 Å². The zero-order valence-electron chi connectivity index (χ0n) is 19.8. The number of hydrogen-bond acceptors (Lipinski definition) is 7. The number of rotatable bonds is 11. The van der Waals surface area contributed by atoms with Crippen molar-refractivity contribution in [1.29, 1.82) is 0 Å². The van der Waals surface area contributed by atoms with Crippen molar-refractivity contribution in [1.82, 2.24) is 26.2 Å². The van der Waals surface area contributed by atoms with Crippen LogP contribution in [0.25, 0.3) is 0 Å². The number of likely N-dealkylation sites (N-methyl/N-ethyl adjacent to an activating group) is 1. The summed E-state index contributed by atoms with van der Waals surface area (Å²) < 4.78 is 0. The fourth-order valence-electron chi connectivity index (χ4n) is 3.90. The third-order valence-corrected chi connectivity index (χ3v) is 6.40. The summed E-state index contributed by atoms with van der Waals surface area (Å²) >= 11 is 8.29. The van der Waals surface area contributed by atoms with Crippen LogP contribution in [0.15, 0.2) is 30.3 Å². The molecule has 1 heterocycles. The quantitative estimate of drug-likeness (QED) is 0.213. The monoisotopic (exact) mass is 523 g/mol. The van der Waals surface area contributed by atoms with Crippen LogP contribution in [0.3, 0.4) is 0 Å². The van der Waals surface area contributed by atoms with E-state index in [4.69, 9.17) is 0 Å². The number of thiol groups is 2. The molecule has 2 rings (SSSR count). The topological polar surface area (TPSA) is 137 Å². The number of hydrogen-bond donors (Lipinski definition) is 6. The molecule has 192 valence electrons. The molecule has 1 aliphatic heterocycles. The van der Waals surface area contributed by atoms with Gasteiger partial charge in [-0.05, 0) is 18.4 Å². The first-order valence-electron chi connectivity index (χ1n) is 11.4. The maximum absolute atomic E-state index is 13.3. The number of benzene rings is 1. The van der Waals surface area contributed by atoms with Crippen LogP contribution in [0, 0.1) is 0 Å². The number of carbonyl (C=O) groups is 5. The molecule has 1 aromatic rings. The Bertz CT molecular complexity index is 917. The van der Waals surface area contributed by atoms with Gasteiger partial charge in [-0.2, -0.15) is 25.3 Å². The highest BCUT2D eigenvalue weighted by Gasteiger charge is 2.38. The van der Waals surface area contributed by atoms with Crippen LogP contribution >= 0.6 is 25.3 Å². The van der Waals surface area contributed by atoms with Crippen molar-refractivity contribution in [2.24, 2.45) is 0 Å². The Hall–Kier alpha value is -2.73. The fraction of sp³-hybridized carbons (Fsp3) is 0.522. The van der Waals surface area contributed by atoms with E-state index in [1.54, 1.807) is 0 Å². The van der Waals surface area contributed by atoms with E-state index in [1.165, 1.54) is 18.9 Å². The van der Waals surface area contributed by atoms with E-state index < -0.39 is 47.8 Å². The van der Waals surface area contributed by atoms with E-state index in [9.17, 15) is 24.0 Å². The average molecular weight is 524 g/mol. The number of nitrogens with one attached hydrogen (secondary N) is 4. The first-order chi connectivity index (χ1) is 16.7. The lowest BCUT2D eigenvalue weighted by Crippen LogP contribution is -2.58. The Morgan fingerprint density at radius 1 is 0.943 bits per heavy atom. The highest BCUT2D eigenvalue weighted by Crippen LogP contribution is 2.19. The van der Waals surface area contributed by atoms with E-state index >= 15 is 0 Å². The van der Waals surface area contributed by atoms with Crippen LogP contribution in [0.1, 0.15) is 25.3 Å². The Kier molecular flexibility index (Phi) is 11.4. The SMILES string of the molecule is CNC(=O)[C@H](CS)NC(=O)[C@@H](Cc1ccccc1)NC(=O)[C@@H]1CCCN1C(=O)[C@H](CS)NC(C)=O. The second kappa shape index (κ2) is 14.0. The molecule has 0 bridgehead atoms. The first kappa shape index (κ1) is 28.5. The Labute approximate surface area is 216 Å². The highest BCUT2D eigenvalue weighted by atomic mass is 32.1. The normalized spacial score (nSPS) is 17.6. The first-order valence-corrected chi connectivity index (χ1v) is 12.6. The molecule has 4 N–H and O–H groups in total. The maximum atomic E-state index is 13.3. The van der Waals surface area contributed by atoms with Crippen LogP contribution < -0.4 is 21.3 Å². The smallest absolute Gasteiger partial charge is 0.246 e. The molecular weight excluding hydrogens is 490 g/mol. The van der Waals surface area contributed by atoms with Crippen LogP contribution in [0.5, 0.6) is 0 Å². The largest absolute Gasteiger partial charge is 0.357 e. The Morgan fingerprint density at radius 2 is 1.60 bits per heavy atom. The van der Waals surface area contributed by atoms with Gasteiger partial charge < -0.3 is 26.2 Å². The minimum Gasteiger partial charge on any atom is -0.357 e. The van der Waals surface area contributed by atoms with Crippen molar-refractivity contribution in [2.75, 3.05) is 25.1 Å². The summed E-state index contributed by atoms with van der Waals surface area (Å²) in [7, 11) is 1.46. The third kappa shape index (κ3) is 8.17. The summed E-state index contributed by atoms with van der Waals surface area (Å²) in [6.45, 7) is 1.66. The zero-order valence-corrected chi connectivity index (χ0v) is 21.6. The van der Waals surface area contributed by atoms with Gasteiger partial charge in [0.25, 0.3) is 0 Å². The van der Waals surface area contributed by atoms with Crippen molar-refractivity contribution in [2.45, 2.75) is 50.4 Å². The number of likely N-dealkylation sites (tertiary alicyclic amines) is 1. The molecule has 1 aromatic carbocycles. The molecule has 1 fully saturated rings. The molecule has 0 unspecified atom stereocenters. The van der Waals surface area contributed by atoms with Crippen molar-refractivity contribution >= 4 is 54.8 Å². The van der Waals surface area contributed by atoms with Gasteiger partial charge in [0.15, 0.2) is 0 Å². The minimum atomic E-state index is -0.981. The van der Waals surface area contributed by atoms with Gasteiger partial charge in [0.1, 0.15) is 24.2 Å². The van der Waals surface area contributed by atoms with Crippen molar-refractivity contribution in [3.63, 3.8) is 0 Å². The van der Waals surface area contributed by atoms with Gasteiger partial charge in [-0.25, -0.2) is 0 Å². The van der Waals surface area contributed by atoms with E-state index in [0.29, 0.717) is 19.4 Å². The molecule has 10 nitrogen and oxygen atoms in total. The van der Waals surface area contributed by atoms with Gasteiger partial charge in [0.05, 0.1) is 0 Å². The van der Waals surface area contributed by atoms with E-state index in [2.05, 4.69) is 46.5 Å². The molecule has 4 atom stereocenters. The Morgan fingerprint density at radius 3 is 2.17 bits per heavy atom. The molecule has 35 heavy (non-hydrogen) atoms. The summed E-state index contributed by atoms with van der Waals surface area (Å²) in [6, 6.07) is 5.66. The molecule has 0 spiro atoms. The second-order valence-electron chi connectivity index (χ2n) is 8.23. The summed E-state index contributed by atoms with van der Waals surface area (Å²) in [5, 5.41) is 10.4. The van der Waals surface area contributed by atoms with Gasteiger partial charge in [0.2, 0.25) is 29.5 Å². The summed E-state index contributed by atoms with van der Waals surface area (Å²) in [5.41, 5.74) is 0.815. The molecule has 12 heteroatoms. The maximum Gasteiger partial charge on any atom is 0.246 e. The number of amides is 5. The van der Waals surface area contributed by atoms with Crippen LogP contribution in [-0.4, -0.2) is 83.7 Å². The minimum absolute atomic E-state index is 0.0799. The summed E-state index contributed by atoms with van der Waals surface area (Å²) in [6.07, 6.45) is 1.22. The van der Waals surface area contributed by atoms with Gasteiger partial charge in [-0.15, -0.1) is 0 Å². The number of carbonyl (C=O) groups excluding carboxylic acids is 5. The Balaban J connectivity index is 2.20. The van der Waals surface area contributed by atoms with Crippen molar-refractivity contribution in [3.05, 3.63) is 35.9 Å². The van der Waals surface area contributed by atoms with Crippen LogP contribution in [0.4, 0.5) is 0 Å². The van der Waals surface area contributed by atoms with E-state index in [1.807, 2.05) is 30.3 Å². The van der Waals surface area contributed by atoms with Crippen molar-refractivity contribution < 1.29 is 24.0 Å². The highest BCUT2D eigenvalue weighted by molar-refractivity contribution is 7.80. The molecule has 0 saturated carbocycles. The molecule has 1 aliphatic rings. The zero-order chi connectivity index (χ0) is 26.0. The molecule has 0 aromatic heterocycles. The summed E-state index contributed by atoms with van der Waals surface area (Å²) in [5.74, 6) is -2.01. The van der Waals surface area contributed by atoms with E-state index in [-0.39, 0.29) is 23.8 Å². The molecule has 5 amide bonds. The van der Waals surface area contributed by atoms with Gasteiger partial charge >= 0.3 is 0 Å². The molecular formula is C23H33N5O5S2. The fourth-order valence-corrected chi connectivity index (χ4v) is 4.41.